The minimum absolute atomic E-state index is 0.0912. The fourth-order valence-corrected chi connectivity index (χ4v) is 5.93. The highest BCUT2D eigenvalue weighted by atomic mass is 79.9. The van der Waals surface area contributed by atoms with E-state index in [1.54, 1.807) is 37.3 Å². The molecule has 0 aliphatic rings. The maximum absolute atomic E-state index is 14.0. The molecule has 39 heavy (non-hydrogen) atoms. The van der Waals surface area contributed by atoms with Crippen LogP contribution >= 0.6 is 15.9 Å². The second-order valence-corrected chi connectivity index (χ2v) is 12.1. The molecule has 0 radical (unpaired) electrons. The van der Waals surface area contributed by atoms with Gasteiger partial charge in [0.25, 0.3) is 10.0 Å². The van der Waals surface area contributed by atoms with E-state index in [-0.39, 0.29) is 17.3 Å². The summed E-state index contributed by atoms with van der Waals surface area (Å²) in [5.41, 5.74) is 2.07. The molecule has 2 amide bonds. The molecule has 1 atom stereocenters. The fraction of sp³-hybridized carbons (Fsp3) is 0.333. The topological polar surface area (TPSA) is 86.8 Å². The van der Waals surface area contributed by atoms with E-state index in [2.05, 4.69) is 21.2 Å². The average molecular weight is 615 g/mol. The first-order valence-electron chi connectivity index (χ1n) is 13.2. The van der Waals surface area contributed by atoms with Gasteiger partial charge in [-0.05, 0) is 61.2 Å². The number of nitrogens with zero attached hydrogens (tertiary/aromatic N) is 2. The van der Waals surface area contributed by atoms with Crippen LogP contribution in [0.25, 0.3) is 0 Å². The molecule has 0 spiro atoms. The third kappa shape index (κ3) is 7.92. The second-order valence-electron chi connectivity index (χ2n) is 9.28. The first kappa shape index (κ1) is 30.4. The summed E-state index contributed by atoms with van der Waals surface area (Å²) >= 11 is 3.43. The molecule has 0 unspecified atom stereocenters. The molecular formula is C30H36BrN3O4S. The van der Waals surface area contributed by atoms with Gasteiger partial charge >= 0.3 is 0 Å². The molecule has 7 nitrogen and oxygen atoms in total. The smallest absolute Gasteiger partial charge is 0.264 e. The summed E-state index contributed by atoms with van der Waals surface area (Å²) < 4.78 is 29.9. The van der Waals surface area contributed by atoms with Crippen molar-refractivity contribution in [3.63, 3.8) is 0 Å². The molecule has 3 aromatic rings. The Balaban J connectivity index is 2.02. The third-order valence-corrected chi connectivity index (χ3v) is 8.82. The van der Waals surface area contributed by atoms with Gasteiger partial charge in [0.1, 0.15) is 12.6 Å². The molecule has 0 saturated heterocycles. The Morgan fingerprint density at radius 2 is 1.56 bits per heavy atom. The number of carbonyl (C=O) groups excluding carboxylic acids is 2. The van der Waals surface area contributed by atoms with Crippen molar-refractivity contribution in [3.05, 3.63) is 94.5 Å². The highest BCUT2D eigenvalue weighted by Crippen LogP contribution is 2.28. The lowest BCUT2D eigenvalue weighted by Gasteiger charge is -2.32. The molecule has 0 bridgehead atoms. The Bertz CT molecular complexity index is 1350. The number of amides is 2. The van der Waals surface area contributed by atoms with Gasteiger partial charge < -0.3 is 10.2 Å². The SMILES string of the molecule is CCCCNC(=O)[C@@H](C)N(Cc1ccc(Br)cc1)C(=O)CN(c1ccccc1CC)S(=O)(=O)c1ccccc1. The molecule has 0 aliphatic heterocycles. The standard InChI is InChI=1S/C30H36BrN3O4S/c1-4-6-20-32-30(36)23(3)33(21-24-16-18-26(31)19-17-24)29(35)22-34(28-15-11-10-12-25(28)5-2)39(37,38)27-13-8-7-9-14-27/h7-19,23H,4-6,20-22H2,1-3H3,(H,32,36)/t23-/m1/s1. The van der Waals surface area contributed by atoms with E-state index >= 15 is 0 Å². The van der Waals surface area contributed by atoms with Gasteiger partial charge in [-0.2, -0.15) is 0 Å². The number of nitrogens with one attached hydrogen (secondary N) is 1. The van der Waals surface area contributed by atoms with E-state index in [0.29, 0.717) is 18.7 Å². The van der Waals surface area contributed by atoms with Crippen molar-refractivity contribution in [2.45, 2.75) is 57.5 Å². The van der Waals surface area contributed by atoms with E-state index in [9.17, 15) is 18.0 Å². The number of rotatable bonds is 13. The third-order valence-electron chi connectivity index (χ3n) is 6.51. The minimum atomic E-state index is -4.08. The van der Waals surface area contributed by atoms with Gasteiger partial charge in [-0.15, -0.1) is 0 Å². The zero-order valence-electron chi connectivity index (χ0n) is 22.6. The van der Waals surface area contributed by atoms with Gasteiger partial charge in [-0.25, -0.2) is 8.42 Å². The number of hydrogen-bond donors (Lipinski definition) is 1. The lowest BCUT2D eigenvalue weighted by molar-refractivity contribution is -0.139. The van der Waals surface area contributed by atoms with Crippen molar-refractivity contribution in [1.29, 1.82) is 0 Å². The van der Waals surface area contributed by atoms with E-state index in [1.165, 1.54) is 21.3 Å². The summed E-state index contributed by atoms with van der Waals surface area (Å²) in [6.45, 7) is 5.87. The van der Waals surface area contributed by atoms with Crippen molar-refractivity contribution in [3.8, 4) is 0 Å². The molecule has 3 rings (SSSR count). The predicted molar refractivity (Wildman–Crippen MR) is 159 cm³/mol. The highest BCUT2D eigenvalue weighted by Gasteiger charge is 2.33. The van der Waals surface area contributed by atoms with E-state index in [0.717, 1.165) is 28.4 Å². The zero-order chi connectivity index (χ0) is 28.4. The van der Waals surface area contributed by atoms with Crippen LogP contribution in [0.4, 0.5) is 5.69 Å². The van der Waals surface area contributed by atoms with Crippen LogP contribution in [0.2, 0.25) is 0 Å². The molecular weight excluding hydrogens is 578 g/mol. The van der Waals surface area contributed by atoms with Gasteiger partial charge in [0.05, 0.1) is 10.6 Å². The molecule has 0 heterocycles. The number of sulfonamides is 1. The lowest BCUT2D eigenvalue weighted by Crippen LogP contribution is -2.51. The number of hydrogen-bond acceptors (Lipinski definition) is 4. The molecule has 1 N–H and O–H groups in total. The van der Waals surface area contributed by atoms with Crippen molar-refractivity contribution in [2.24, 2.45) is 0 Å². The van der Waals surface area contributed by atoms with E-state index in [4.69, 9.17) is 0 Å². The van der Waals surface area contributed by atoms with Crippen LogP contribution < -0.4 is 9.62 Å². The number of aryl methyl sites for hydroxylation is 1. The fourth-order valence-electron chi connectivity index (χ4n) is 4.19. The van der Waals surface area contributed by atoms with Crippen molar-refractivity contribution < 1.29 is 18.0 Å². The van der Waals surface area contributed by atoms with E-state index < -0.39 is 28.5 Å². The van der Waals surface area contributed by atoms with Crippen LogP contribution in [-0.2, 0) is 32.6 Å². The minimum Gasteiger partial charge on any atom is -0.354 e. The van der Waals surface area contributed by atoms with Gasteiger partial charge in [-0.1, -0.05) is 84.7 Å². The van der Waals surface area contributed by atoms with Crippen LogP contribution in [0.15, 0.2) is 88.2 Å². The molecule has 9 heteroatoms. The van der Waals surface area contributed by atoms with Gasteiger partial charge in [0.2, 0.25) is 11.8 Å². The number of unbranched alkanes of at least 4 members (excludes halogenated alkanes) is 1. The quantitative estimate of drug-likeness (QED) is 0.256. The second kappa shape index (κ2) is 14.3. The molecule has 3 aromatic carbocycles. The van der Waals surface area contributed by atoms with Crippen LogP contribution in [0.5, 0.6) is 0 Å². The monoisotopic (exact) mass is 613 g/mol. The summed E-state index contributed by atoms with van der Waals surface area (Å²) in [5.74, 6) is -0.748. The normalized spacial score (nSPS) is 12.0. The number of halogens is 1. The van der Waals surface area contributed by atoms with Gasteiger partial charge in [0, 0.05) is 17.6 Å². The van der Waals surface area contributed by atoms with Crippen LogP contribution in [0.3, 0.4) is 0 Å². The van der Waals surface area contributed by atoms with Crippen molar-refractivity contribution in [2.75, 3.05) is 17.4 Å². The zero-order valence-corrected chi connectivity index (χ0v) is 25.0. The molecule has 208 valence electrons. The van der Waals surface area contributed by atoms with Crippen molar-refractivity contribution >= 4 is 43.5 Å². The highest BCUT2D eigenvalue weighted by molar-refractivity contribution is 9.10. The maximum atomic E-state index is 14.0. The Hall–Kier alpha value is -3.17. The van der Waals surface area contributed by atoms with Crippen LogP contribution in [0, 0.1) is 0 Å². The van der Waals surface area contributed by atoms with Crippen LogP contribution in [0.1, 0.15) is 44.7 Å². The lowest BCUT2D eigenvalue weighted by atomic mass is 10.1. The molecule has 0 aromatic heterocycles. The Kier molecular flexibility index (Phi) is 11.1. The summed E-state index contributed by atoms with van der Waals surface area (Å²) in [5, 5.41) is 2.90. The molecule has 0 fully saturated rings. The maximum Gasteiger partial charge on any atom is 0.264 e. The summed E-state index contributed by atoms with van der Waals surface area (Å²) in [4.78, 5) is 28.6. The predicted octanol–water partition coefficient (Wildman–Crippen LogP) is 5.54. The van der Waals surface area contributed by atoms with Gasteiger partial charge in [0.15, 0.2) is 0 Å². The van der Waals surface area contributed by atoms with Crippen molar-refractivity contribution in [1.82, 2.24) is 10.2 Å². The average Bonchev–Trinajstić information content (AvgIpc) is 2.95. The van der Waals surface area contributed by atoms with Crippen LogP contribution in [-0.4, -0.2) is 44.3 Å². The largest absolute Gasteiger partial charge is 0.354 e. The van der Waals surface area contributed by atoms with E-state index in [1.807, 2.05) is 50.2 Å². The number of para-hydroxylation sites is 1. The Morgan fingerprint density at radius 3 is 2.21 bits per heavy atom. The number of anilines is 1. The van der Waals surface area contributed by atoms with Gasteiger partial charge in [-0.3, -0.25) is 13.9 Å². The molecule has 0 saturated carbocycles. The number of carbonyl (C=O) groups is 2. The summed E-state index contributed by atoms with van der Waals surface area (Å²) in [6.07, 6.45) is 2.35. The number of benzene rings is 3. The molecule has 0 aliphatic carbocycles. The Morgan fingerprint density at radius 1 is 0.923 bits per heavy atom. The summed E-state index contributed by atoms with van der Waals surface area (Å²) in [7, 11) is -4.08. The summed E-state index contributed by atoms with van der Waals surface area (Å²) in [6, 6.07) is 21.9. The first-order valence-corrected chi connectivity index (χ1v) is 15.4. The first-order chi connectivity index (χ1) is 18.7. The Labute approximate surface area is 240 Å².